The number of esters is 1. The first-order valence-electron chi connectivity index (χ1n) is 8.96. The molecule has 1 aromatic rings. The van der Waals surface area contributed by atoms with E-state index in [4.69, 9.17) is 4.74 Å². The van der Waals surface area contributed by atoms with Crippen molar-refractivity contribution < 1.29 is 19.4 Å². The van der Waals surface area contributed by atoms with Crippen LogP contribution in [0.3, 0.4) is 0 Å². The molecule has 0 aromatic heterocycles. The van der Waals surface area contributed by atoms with Gasteiger partial charge in [0.1, 0.15) is 11.3 Å². The molecule has 0 spiro atoms. The Hall–Kier alpha value is -2.56. The van der Waals surface area contributed by atoms with Crippen molar-refractivity contribution in [1.82, 2.24) is 4.90 Å². The van der Waals surface area contributed by atoms with E-state index >= 15 is 0 Å². The maximum atomic E-state index is 12.8. The number of aliphatic hydroxyl groups is 1. The Labute approximate surface area is 152 Å². The van der Waals surface area contributed by atoms with Gasteiger partial charge < -0.3 is 14.7 Å². The molecule has 0 amide bonds. The first kappa shape index (κ1) is 16.9. The molecule has 2 aliphatic heterocycles. The quantitative estimate of drug-likeness (QED) is 0.785. The van der Waals surface area contributed by atoms with E-state index in [9.17, 15) is 14.7 Å². The molecule has 0 fully saturated rings. The topological polar surface area (TPSA) is 66.8 Å². The third-order valence-electron chi connectivity index (χ3n) is 5.65. The Balaban J connectivity index is 1.97. The number of carbonyl (C=O) groups excluding carboxylic acids is 2. The number of fused-ring (bicyclic) bond motifs is 4. The second-order valence-corrected chi connectivity index (χ2v) is 8.06. The number of ether oxygens (including phenoxy) is 1. The SMILES string of the molecule is COC(=O)C1=C(O)C2=C(CC(C)(C)CC2=O)N2CCc3ccccc3[C@@H]12. The molecule has 3 aliphatic rings. The molecular weight excluding hydrogens is 330 g/mol. The number of carbonyl (C=O) groups is 2. The lowest BCUT2D eigenvalue weighted by molar-refractivity contribution is -0.137. The number of aliphatic hydroxyl groups excluding tert-OH is 1. The number of methoxy groups -OCH3 is 1. The summed E-state index contributed by atoms with van der Waals surface area (Å²) in [6.07, 6.45) is 1.90. The summed E-state index contributed by atoms with van der Waals surface area (Å²) in [6.45, 7) is 4.84. The molecule has 136 valence electrons. The minimum absolute atomic E-state index is 0.104. The summed E-state index contributed by atoms with van der Waals surface area (Å²) in [6, 6.07) is 7.56. The normalized spacial score (nSPS) is 24.0. The molecule has 0 saturated carbocycles. The average molecular weight is 353 g/mol. The molecule has 0 saturated heterocycles. The highest BCUT2D eigenvalue weighted by molar-refractivity contribution is 6.04. The molecule has 1 aliphatic carbocycles. The zero-order valence-corrected chi connectivity index (χ0v) is 15.3. The second kappa shape index (κ2) is 5.73. The number of hydrogen-bond acceptors (Lipinski definition) is 5. The van der Waals surface area contributed by atoms with E-state index in [1.165, 1.54) is 7.11 Å². The predicted octanol–water partition coefficient (Wildman–Crippen LogP) is 3.23. The lowest BCUT2D eigenvalue weighted by Gasteiger charge is -2.47. The summed E-state index contributed by atoms with van der Waals surface area (Å²) in [4.78, 5) is 27.5. The third kappa shape index (κ3) is 2.37. The molecule has 5 heteroatoms. The molecule has 0 radical (unpaired) electrons. The van der Waals surface area contributed by atoms with Crippen molar-refractivity contribution in [2.75, 3.05) is 13.7 Å². The van der Waals surface area contributed by atoms with E-state index in [-0.39, 0.29) is 22.5 Å². The minimum Gasteiger partial charge on any atom is -0.506 e. The Morgan fingerprint density at radius 1 is 1.27 bits per heavy atom. The van der Waals surface area contributed by atoms with Crippen LogP contribution in [0.1, 0.15) is 43.9 Å². The number of allylic oxidation sites excluding steroid dienone is 2. The van der Waals surface area contributed by atoms with Crippen LogP contribution >= 0.6 is 0 Å². The van der Waals surface area contributed by atoms with Crippen molar-refractivity contribution in [2.45, 2.75) is 39.2 Å². The number of benzene rings is 1. The summed E-state index contributed by atoms with van der Waals surface area (Å²) < 4.78 is 4.96. The van der Waals surface area contributed by atoms with Gasteiger partial charge in [-0.3, -0.25) is 4.79 Å². The van der Waals surface area contributed by atoms with Gasteiger partial charge in [-0.2, -0.15) is 0 Å². The van der Waals surface area contributed by atoms with E-state index in [0.29, 0.717) is 25.0 Å². The molecule has 1 N–H and O–H groups in total. The van der Waals surface area contributed by atoms with Gasteiger partial charge in [-0.1, -0.05) is 38.1 Å². The van der Waals surface area contributed by atoms with Gasteiger partial charge in [0.05, 0.1) is 18.7 Å². The summed E-state index contributed by atoms with van der Waals surface area (Å²) in [5.74, 6) is -0.892. The summed E-state index contributed by atoms with van der Waals surface area (Å²) in [5, 5.41) is 10.9. The molecule has 4 rings (SSSR count). The van der Waals surface area contributed by atoms with Crippen LogP contribution in [0.5, 0.6) is 0 Å². The van der Waals surface area contributed by atoms with Crippen molar-refractivity contribution in [3.63, 3.8) is 0 Å². The van der Waals surface area contributed by atoms with Crippen LogP contribution in [0.4, 0.5) is 0 Å². The van der Waals surface area contributed by atoms with Crippen LogP contribution in [-0.2, 0) is 20.7 Å². The largest absolute Gasteiger partial charge is 0.506 e. The van der Waals surface area contributed by atoms with Gasteiger partial charge in [-0.25, -0.2) is 4.79 Å². The lowest BCUT2D eigenvalue weighted by Crippen LogP contribution is -2.45. The summed E-state index contributed by atoms with van der Waals surface area (Å²) in [7, 11) is 1.30. The first-order chi connectivity index (χ1) is 12.3. The van der Waals surface area contributed by atoms with Crippen molar-refractivity contribution in [1.29, 1.82) is 0 Å². The minimum atomic E-state index is -0.585. The Morgan fingerprint density at radius 2 is 2.00 bits per heavy atom. The first-order valence-corrected chi connectivity index (χ1v) is 8.96. The highest BCUT2D eigenvalue weighted by Crippen LogP contribution is 2.50. The van der Waals surface area contributed by atoms with E-state index in [1.54, 1.807) is 0 Å². The van der Waals surface area contributed by atoms with E-state index in [0.717, 1.165) is 23.2 Å². The number of rotatable bonds is 1. The Bertz CT molecular complexity index is 878. The second-order valence-electron chi connectivity index (χ2n) is 8.06. The van der Waals surface area contributed by atoms with Gasteiger partial charge in [-0.05, 0) is 29.4 Å². The van der Waals surface area contributed by atoms with E-state index in [1.807, 2.05) is 18.2 Å². The number of ketones is 1. The molecule has 1 atom stereocenters. The number of nitrogens with zero attached hydrogens (tertiary/aromatic N) is 1. The van der Waals surface area contributed by atoms with Crippen LogP contribution in [0.25, 0.3) is 0 Å². The Morgan fingerprint density at radius 3 is 2.73 bits per heavy atom. The van der Waals surface area contributed by atoms with Crippen LogP contribution < -0.4 is 0 Å². The van der Waals surface area contributed by atoms with E-state index < -0.39 is 12.0 Å². The summed E-state index contributed by atoms with van der Waals surface area (Å²) in [5.41, 5.74) is 3.32. The highest BCUT2D eigenvalue weighted by Gasteiger charge is 2.47. The van der Waals surface area contributed by atoms with Gasteiger partial charge in [-0.15, -0.1) is 0 Å². The van der Waals surface area contributed by atoms with E-state index in [2.05, 4.69) is 24.8 Å². The lowest BCUT2D eigenvalue weighted by atomic mass is 9.71. The maximum Gasteiger partial charge on any atom is 0.340 e. The van der Waals surface area contributed by atoms with Crippen molar-refractivity contribution in [3.8, 4) is 0 Å². The molecule has 0 bridgehead atoms. The average Bonchev–Trinajstić information content (AvgIpc) is 2.59. The van der Waals surface area contributed by atoms with Crippen LogP contribution in [0.2, 0.25) is 0 Å². The fourth-order valence-corrected chi connectivity index (χ4v) is 4.55. The van der Waals surface area contributed by atoms with Gasteiger partial charge >= 0.3 is 5.97 Å². The van der Waals surface area contributed by atoms with Gasteiger partial charge in [0.15, 0.2) is 5.78 Å². The van der Waals surface area contributed by atoms with Crippen LogP contribution in [-0.4, -0.2) is 35.4 Å². The number of Topliss-reactive ketones (excluding diaryl/α,β-unsaturated/α-hetero) is 1. The Kier molecular flexibility index (Phi) is 3.72. The van der Waals surface area contributed by atoms with Crippen molar-refractivity contribution >= 4 is 11.8 Å². The zero-order valence-electron chi connectivity index (χ0n) is 15.3. The highest BCUT2D eigenvalue weighted by atomic mass is 16.5. The van der Waals surface area contributed by atoms with Crippen molar-refractivity contribution in [3.05, 3.63) is 58.0 Å². The molecule has 0 unspecified atom stereocenters. The van der Waals surface area contributed by atoms with Crippen LogP contribution in [0.15, 0.2) is 46.9 Å². The fourth-order valence-electron chi connectivity index (χ4n) is 4.55. The molecule has 5 nitrogen and oxygen atoms in total. The monoisotopic (exact) mass is 353 g/mol. The summed E-state index contributed by atoms with van der Waals surface area (Å²) >= 11 is 0. The van der Waals surface area contributed by atoms with Crippen LogP contribution in [0, 0.1) is 5.41 Å². The number of hydrogen-bond donors (Lipinski definition) is 1. The maximum absolute atomic E-state index is 12.8. The zero-order chi connectivity index (χ0) is 18.6. The molecule has 1 aromatic carbocycles. The third-order valence-corrected chi connectivity index (χ3v) is 5.65. The fraction of sp³-hybridized carbons (Fsp3) is 0.429. The molecule has 26 heavy (non-hydrogen) atoms. The van der Waals surface area contributed by atoms with Crippen molar-refractivity contribution in [2.24, 2.45) is 5.41 Å². The molecular formula is C21H23NO4. The smallest absolute Gasteiger partial charge is 0.340 e. The van der Waals surface area contributed by atoms with Gasteiger partial charge in [0.2, 0.25) is 0 Å². The standard InChI is InChI=1S/C21H23NO4/c1-21(2)10-14-16(15(23)11-21)19(24)17(20(25)26-3)18-13-7-5-4-6-12(13)8-9-22(14)18/h4-7,18,24H,8-11H2,1-3H3/t18-/m0/s1. The molecule has 2 heterocycles. The van der Waals surface area contributed by atoms with Gasteiger partial charge in [0, 0.05) is 18.7 Å². The predicted molar refractivity (Wildman–Crippen MR) is 96.3 cm³/mol. The van der Waals surface area contributed by atoms with Gasteiger partial charge in [0.25, 0.3) is 0 Å².